The van der Waals surface area contributed by atoms with E-state index in [1.807, 2.05) is 29.2 Å². The van der Waals surface area contributed by atoms with Gasteiger partial charge in [-0.3, -0.25) is 4.79 Å². The molecule has 1 aliphatic rings. The minimum atomic E-state index is -0.329. The third-order valence-electron chi connectivity index (χ3n) is 4.11. The lowest BCUT2D eigenvalue weighted by Crippen LogP contribution is -2.30. The van der Waals surface area contributed by atoms with E-state index in [-0.39, 0.29) is 17.8 Å². The highest BCUT2D eigenvalue weighted by atomic mass is 19.1. The molecule has 1 saturated heterocycles. The second-order valence-electron chi connectivity index (χ2n) is 5.44. The van der Waals surface area contributed by atoms with E-state index in [4.69, 9.17) is 4.74 Å². The minimum Gasteiger partial charge on any atom is -0.497 e. The molecule has 2 aromatic rings. The van der Waals surface area contributed by atoms with Gasteiger partial charge in [0.25, 0.3) is 5.91 Å². The largest absolute Gasteiger partial charge is 0.497 e. The zero-order valence-electron chi connectivity index (χ0n) is 12.5. The molecule has 4 heteroatoms. The molecule has 1 amide bonds. The molecule has 0 aromatic heterocycles. The molecule has 22 heavy (non-hydrogen) atoms. The van der Waals surface area contributed by atoms with Gasteiger partial charge in [-0.1, -0.05) is 12.1 Å². The summed E-state index contributed by atoms with van der Waals surface area (Å²) in [5.74, 6) is 0.432. The Morgan fingerprint density at radius 1 is 1.14 bits per heavy atom. The second-order valence-corrected chi connectivity index (χ2v) is 5.44. The predicted molar refractivity (Wildman–Crippen MR) is 82.4 cm³/mol. The number of nitrogens with zero attached hydrogens (tertiary/aromatic N) is 1. The Bertz CT molecular complexity index is 652. The van der Waals surface area contributed by atoms with E-state index in [1.54, 1.807) is 19.2 Å². The number of ether oxygens (including phenoxy) is 1. The number of hydrogen-bond donors (Lipinski definition) is 0. The van der Waals surface area contributed by atoms with Crippen molar-refractivity contribution in [3.05, 3.63) is 65.5 Å². The van der Waals surface area contributed by atoms with E-state index in [9.17, 15) is 9.18 Å². The first-order valence-corrected chi connectivity index (χ1v) is 7.39. The highest BCUT2D eigenvalue weighted by molar-refractivity contribution is 5.94. The highest BCUT2D eigenvalue weighted by Gasteiger charge is 2.30. The second kappa shape index (κ2) is 6.18. The van der Waals surface area contributed by atoms with Crippen LogP contribution in [0, 0.1) is 5.82 Å². The van der Waals surface area contributed by atoms with Crippen LogP contribution in [0.4, 0.5) is 4.39 Å². The number of hydrogen-bond acceptors (Lipinski definition) is 2. The number of benzene rings is 2. The summed E-state index contributed by atoms with van der Waals surface area (Å²) < 4.78 is 18.2. The summed E-state index contributed by atoms with van der Waals surface area (Å²) in [6.07, 6.45) is 1.92. The van der Waals surface area contributed by atoms with E-state index in [2.05, 4.69) is 0 Å². The molecule has 0 saturated carbocycles. The molecule has 1 aliphatic heterocycles. The van der Waals surface area contributed by atoms with Crippen LogP contribution in [0.5, 0.6) is 5.75 Å². The maximum absolute atomic E-state index is 13.0. The molecule has 0 unspecified atom stereocenters. The molecular weight excluding hydrogens is 281 g/mol. The van der Waals surface area contributed by atoms with Crippen LogP contribution >= 0.6 is 0 Å². The fourth-order valence-electron chi connectivity index (χ4n) is 2.94. The van der Waals surface area contributed by atoms with Crippen molar-refractivity contribution < 1.29 is 13.9 Å². The summed E-state index contributed by atoms with van der Waals surface area (Å²) >= 11 is 0. The van der Waals surface area contributed by atoms with Crippen LogP contribution in [-0.4, -0.2) is 24.5 Å². The van der Waals surface area contributed by atoms with Crippen molar-refractivity contribution >= 4 is 5.91 Å². The molecule has 0 bridgehead atoms. The monoisotopic (exact) mass is 299 g/mol. The smallest absolute Gasteiger partial charge is 0.254 e. The van der Waals surface area contributed by atoms with Gasteiger partial charge in [-0.25, -0.2) is 4.39 Å². The van der Waals surface area contributed by atoms with Gasteiger partial charge >= 0.3 is 0 Å². The molecule has 0 aliphatic carbocycles. The number of amides is 1. The van der Waals surface area contributed by atoms with Gasteiger partial charge in [0.15, 0.2) is 0 Å². The van der Waals surface area contributed by atoms with Crippen LogP contribution in [-0.2, 0) is 0 Å². The van der Waals surface area contributed by atoms with Gasteiger partial charge in [-0.2, -0.15) is 0 Å². The third kappa shape index (κ3) is 2.82. The van der Waals surface area contributed by atoms with Gasteiger partial charge in [0, 0.05) is 12.1 Å². The SMILES string of the molecule is COc1ccc([C@@H]2CCCN2C(=O)c2ccc(F)cc2)cc1. The van der Waals surface area contributed by atoms with Crippen LogP contribution in [0.15, 0.2) is 48.5 Å². The van der Waals surface area contributed by atoms with E-state index < -0.39 is 0 Å². The molecule has 3 rings (SSSR count). The van der Waals surface area contributed by atoms with Gasteiger partial charge in [0.1, 0.15) is 11.6 Å². The predicted octanol–water partition coefficient (Wildman–Crippen LogP) is 3.81. The first-order valence-electron chi connectivity index (χ1n) is 7.39. The molecule has 0 radical (unpaired) electrons. The van der Waals surface area contributed by atoms with Gasteiger partial charge < -0.3 is 9.64 Å². The molecule has 0 N–H and O–H groups in total. The van der Waals surface area contributed by atoms with Crippen LogP contribution in [0.3, 0.4) is 0 Å². The summed E-state index contributed by atoms with van der Waals surface area (Å²) in [4.78, 5) is 14.5. The van der Waals surface area contributed by atoms with Crippen molar-refractivity contribution in [1.82, 2.24) is 4.90 Å². The van der Waals surface area contributed by atoms with Crippen molar-refractivity contribution in [2.24, 2.45) is 0 Å². The highest BCUT2D eigenvalue weighted by Crippen LogP contribution is 2.33. The van der Waals surface area contributed by atoms with Crippen molar-refractivity contribution in [3.63, 3.8) is 0 Å². The first-order chi connectivity index (χ1) is 10.7. The number of likely N-dealkylation sites (tertiary alicyclic amines) is 1. The van der Waals surface area contributed by atoms with E-state index >= 15 is 0 Å². The number of rotatable bonds is 3. The Balaban J connectivity index is 1.82. The molecule has 2 aromatic carbocycles. The van der Waals surface area contributed by atoms with E-state index in [0.29, 0.717) is 5.56 Å². The van der Waals surface area contributed by atoms with Crippen LogP contribution in [0.2, 0.25) is 0 Å². The Labute approximate surface area is 129 Å². The molecule has 3 nitrogen and oxygen atoms in total. The Morgan fingerprint density at radius 2 is 1.82 bits per heavy atom. The Kier molecular flexibility index (Phi) is 4.09. The quantitative estimate of drug-likeness (QED) is 0.862. The standard InChI is InChI=1S/C18H18FNO2/c1-22-16-10-6-13(7-11-16)17-3-2-12-20(17)18(21)14-4-8-15(19)9-5-14/h4-11,17H,2-3,12H2,1H3/t17-/m0/s1. The van der Waals surface area contributed by atoms with E-state index in [1.165, 1.54) is 12.1 Å². The average molecular weight is 299 g/mol. The Morgan fingerprint density at radius 3 is 2.45 bits per heavy atom. The fraction of sp³-hybridized carbons (Fsp3) is 0.278. The van der Waals surface area contributed by atoms with Crippen LogP contribution in [0.25, 0.3) is 0 Å². The summed E-state index contributed by atoms with van der Waals surface area (Å²) in [6, 6.07) is 13.6. The average Bonchev–Trinajstić information content (AvgIpc) is 3.04. The topological polar surface area (TPSA) is 29.5 Å². The molecule has 114 valence electrons. The van der Waals surface area contributed by atoms with Crippen molar-refractivity contribution in [2.45, 2.75) is 18.9 Å². The maximum Gasteiger partial charge on any atom is 0.254 e. The normalized spacial score (nSPS) is 17.5. The molecule has 1 fully saturated rings. The lowest BCUT2D eigenvalue weighted by atomic mass is 10.0. The summed E-state index contributed by atoms with van der Waals surface area (Å²) in [5, 5.41) is 0. The van der Waals surface area contributed by atoms with Crippen molar-refractivity contribution in [2.75, 3.05) is 13.7 Å². The lowest BCUT2D eigenvalue weighted by molar-refractivity contribution is 0.0735. The Hall–Kier alpha value is -2.36. The number of carbonyl (C=O) groups is 1. The molecule has 1 atom stereocenters. The van der Waals surface area contributed by atoms with Gasteiger partial charge in [-0.05, 0) is 54.8 Å². The third-order valence-corrected chi connectivity index (χ3v) is 4.11. The minimum absolute atomic E-state index is 0.0432. The molecule has 1 heterocycles. The van der Waals surface area contributed by atoms with Gasteiger partial charge in [0.05, 0.1) is 13.2 Å². The van der Waals surface area contributed by atoms with E-state index in [0.717, 1.165) is 30.7 Å². The van der Waals surface area contributed by atoms with Crippen molar-refractivity contribution in [1.29, 1.82) is 0 Å². The summed E-state index contributed by atoms with van der Waals surface area (Å²) in [6.45, 7) is 0.729. The van der Waals surface area contributed by atoms with Crippen LogP contribution in [0.1, 0.15) is 34.8 Å². The van der Waals surface area contributed by atoms with Gasteiger partial charge in [0.2, 0.25) is 0 Å². The van der Waals surface area contributed by atoms with Crippen molar-refractivity contribution in [3.8, 4) is 5.75 Å². The number of carbonyl (C=O) groups excluding carboxylic acids is 1. The lowest BCUT2D eigenvalue weighted by Gasteiger charge is -2.25. The zero-order valence-corrected chi connectivity index (χ0v) is 12.5. The first kappa shape index (κ1) is 14.6. The summed E-state index contributed by atoms with van der Waals surface area (Å²) in [5.41, 5.74) is 1.63. The zero-order chi connectivity index (χ0) is 15.5. The maximum atomic E-state index is 13.0. The molecule has 0 spiro atoms. The number of halogens is 1. The summed E-state index contributed by atoms with van der Waals surface area (Å²) in [7, 11) is 1.63. The molecular formula is C18H18FNO2. The van der Waals surface area contributed by atoms with Crippen LogP contribution < -0.4 is 4.74 Å². The number of methoxy groups -OCH3 is 1. The fourth-order valence-corrected chi connectivity index (χ4v) is 2.94. The van der Waals surface area contributed by atoms with Gasteiger partial charge in [-0.15, -0.1) is 0 Å².